The summed E-state index contributed by atoms with van der Waals surface area (Å²) in [6, 6.07) is 23.8. The molecule has 1 heterocycles. The van der Waals surface area contributed by atoms with E-state index in [0.717, 1.165) is 41.9 Å². The third-order valence-corrected chi connectivity index (χ3v) is 8.87. The first-order valence-electron chi connectivity index (χ1n) is 15.8. The minimum absolute atomic E-state index is 0. The van der Waals surface area contributed by atoms with Gasteiger partial charge in [-0.15, -0.1) is 0 Å². The molecule has 4 aromatic rings. The van der Waals surface area contributed by atoms with E-state index in [9.17, 15) is 13.2 Å². The average molecular weight is 682 g/mol. The van der Waals surface area contributed by atoms with Gasteiger partial charge in [0.15, 0.2) is 35.3 Å². The van der Waals surface area contributed by atoms with E-state index in [-0.39, 0.29) is 30.3 Å². The fraction of sp³-hybridized carbons (Fsp3) is 0.359. The van der Waals surface area contributed by atoms with Crippen molar-refractivity contribution in [1.29, 1.82) is 0 Å². The lowest BCUT2D eigenvalue weighted by Crippen LogP contribution is -3.00. The fourth-order valence-electron chi connectivity index (χ4n) is 6.18. The molecule has 0 spiro atoms. The zero-order valence-electron chi connectivity index (χ0n) is 28.5. The quantitative estimate of drug-likeness (QED) is 0.194. The van der Waals surface area contributed by atoms with E-state index in [1.54, 1.807) is 21.3 Å². The molecule has 1 unspecified atom stereocenters. The van der Waals surface area contributed by atoms with Gasteiger partial charge in [-0.3, -0.25) is 0 Å². The van der Waals surface area contributed by atoms with Crippen molar-refractivity contribution in [3.8, 4) is 23.0 Å². The lowest BCUT2D eigenvalue weighted by molar-refractivity contribution is -0.546. The normalized spacial score (nSPS) is 13.7. The van der Waals surface area contributed by atoms with Crippen molar-refractivity contribution >= 4 is 5.71 Å². The minimum atomic E-state index is -4.39. The van der Waals surface area contributed by atoms with Crippen LogP contribution in [0, 0.1) is 0 Å². The zero-order valence-corrected chi connectivity index (χ0v) is 29.3. The standard InChI is InChI=1S/C39H43F3NO4.ClH/c1-25(27-13-17-30(18-14-27)38(2,3)4)36-32-22-35(46-7)34(45-6)21-28(32)19-20-43(36)23-29-9-8-10-33(44-5)37(29)47-24-26-11-15-31(16-12-26)39(40,41)42;/h8-18,21-22,25H,19-20,23-24H2,1-7H3;1H/q+1;/p-1. The van der Waals surface area contributed by atoms with Crippen LogP contribution in [0.5, 0.6) is 23.0 Å². The van der Waals surface area contributed by atoms with Crippen LogP contribution in [-0.4, -0.2) is 38.2 Å². The number of ether oxygens (including phenoxy) is 4. The van der Waals surface area contributed by atoms with Gasteiger partial charge in [0, 0.05) is 12.0 Å². The summed E-state index contributed by atoms with van der Waals surface area (Å²) in [5, 5.41) is 0. The van der Waals surface area contributed by atoms with Crippen LogP contribution in [0.25, 0.3) is 0 Å². The van der Waals surface area contributed by atoms with Crippen molar-refractivity contribution in [3.05, 3.63) is 118 Å². The molecule has 5 rings (SSSR count). The Balaban J connectivity index is 0.00000520. The number of benzene rings is 4. The molecule has 1 aliphatic heterocycles. The van der Waals surface area contributed by atoms with Gasteiger partial charge in [-0.05, 0) is 71.0 Å². The molecule has 1 aliphatic rings. The van der Waals surface area contributed by atoms with Crippen LogP contribution >= 0.6 is 0 Å². The highest BCUT2D eigenvalue weighted by Crippen LogP contribution is 2.38. The highest BCUT2D eigenvalue weighted by Gasteiger charge is 2.34. The Morgan fingerprint density at radius 3 is 1.96 bits per heavy atom. The number of fused-ring (bicyclic) bond motifs is 1. The number of rotatable bonds is 10. The number of halogens is 4. The zero-order chi connectivity index (χ0) is 33.9. The maximum absolute atomic E-state index is 13.1. The molecule has 0 N–H and O–H groups in total. The molecule has 0 fully saturated rings. The van der Waals surface area contributed by atoms with Gasteiger partial charge in [0.05, 0.1) is 38.4 Å². The summed E-state index contributed by atoms with van der Waals surface area (Å²) in [6.45, 7) is 10.3. The first kappa shape index (κ1) is 36.7. The number of hydrogen-bond donors (Lipinski definition) is 0. The molecule has 5 nitrogen and oxygen atoms in total. The van der Waals surface area contributed by atoms with Crippen molar-refractivity contribution < 1.29 is 49.1 Å². The van der Waals surface area contributed by atoms with E-state index >= 15 is 0 Å². The lowest BCUT2D eigenvalue weighted by atomic mass is 9.83. The SMILES string of the molecule is COc1cc2c(cc1OC)C(C(C)c1ccc(C(C)(C)C)cc1)=[N+](Cc1cccc(OC)c1OCc1ccc(C(F)(F)F)cc1)CC2.[Cl-]. The summed E-state index contributed by atoms with van der Waals surface area (Å²) in [7, 11) is 4.88. The molecule has 0 amide bonds. The first-order chi connectivity index (χ1) is 22.3. The molecule has 9 heteroatoms. The summed E-state index contributed by atoms with van der Waals surface area (Å²) in [5.41, 5.74) is 6.83. The van der Waals surface area contributed by atoms with Crippen molar-refractivity contribution in [2.45, 2.75) is 64.8 Å². The molecule has 4 aromatic carbocycles. The Labute approximate surface area is 287 Å². The Bertz CT molecular complexity index is 1740. The van der Waals surface area contributed by atoms with E-state index in [1.807, 2.05) is 18.2 Å². The summed E-state index contributed by atoms with van der Waals surface area (Å²) < 4.78 is 65.1. The van der Waals surface area contributed by atoms with Crippen LogP contribution in [0.1, 0.15) is 72.6 Å². The second-order valence-corrected chi connectivity index (χ2v) is 12.9. The predicted octanol–water partition coefficient (Wildman–Crippen LogP) is 5.97. The van der Waals surface area contributed by atoms with Gasteiger partial charge in [-0.2, -0.15) is 13.2 Å². The second kappa shape index (κ2) is 14.9. The highest BCUT2D eigenvalue weighted by molar-refractivity contribution is 6.03. The fourth-order valence-corrected chi connectivity index (χ4v) is 6.18. The highest BCUT2D eigenvalue weighted by atomic mass is 35.5. The topological polar surface area (TPSA) is 39.9 Å². The van der Waals surface area contributed by atoms with Gasteiger partial charge in [0.2, 0.25) is 0 Å². The maximum atomic E-state index is 13.1. The number of para-hydroxylation sites is 1. The molecular weight excluding hydrogens is 639 g/mol. The van der Waals surface area contributed by atoms with Crippen LogP contribution in [0.4, 0.5) is 13.2 Å². The van der Waals surface area contributed by atoms with Crippen molar-refractivity contribution in [2.75, 3.05) is 27.9 Å². The minimum Gasteiger partial charge on any atom is -1.00 e. The third kappa shape index (κ3) is 7.92. The summed E-state index contributed by atoms with van der Waals surface area (Å²) in [6.07, 6.45) is -3.59. The average Bonchev–Trinajstić information content (AvgIpc) is 3.06. The van der Waals surface area contributed by atoms with Gasteiger partial charge in [0.25, 0.3) is 0 Å². The van der Waals surface area contributed by atoms with Gasteiger partial charge in [-0.25, -0.2) is 4.58 Å². The van der Waals surface area contributed by atoms with Gasteiger partial charge >= 0.3 is 6.18 Å². The Kier molecular flexibility index (Phi) is 11.4. The Morgan fingerprint density at radius 1 is 0.771 bits per heavy atom. The number of alkyl halides is 3. The van der Waals surface area contributed by atoms with E-state index in [4.69, 9.17) is 18.9 Å². The van der Waals surface area contributed by atoms with Gasteiger partial charge < -0.3 is 31.4 Å². The summed E-state index contributed by atoms with van der Waals surface area (Å²) in [5.74, 6) is 2.54. The molecule has 48 heavy (non-hydrogen) atoms. The Hall–Kier alpha value is -4.17. The first-order valence-corrected chi connectivity index (χ1v) is 15.8. The smallest absolute Gasteiger partial charge is 0.416 e. The van der Waals surface area contributed by atoms with E-state index in [1.165, 1.54) is 28.8 Å². The van der Waals surface area contributed by atoms with Crippen molar-refractivity contribution in [3.63, 3.8) is 0 Å². The van der Waals surface area contributed by atoms with E-state index < -0.39 is 11.7 Å². The molecule has 0 saturated carbocycles. The number of nitrogens with zero attached hydrogens (tertiary/aromatic N) is 1. The monoisotopic (exact) mass is 681 g/mol. The molecule has 0 radical (unpaired) electrons. The van der Waals surface area contributed by atoms with Crippen LogP contribution in [0.3, 0.4) is 0 Å². The summed E-state index contributed by atoms with van der Waals surface area (Å²) >= 11 is 0. The van der Waals surface area contributed by atoms with Gasteiger partial charge in [-0.1, -0.05) is 63.2 Å². The van der Waals surface area contributed by atoms with Crippen LogP contribution in [-0.2, 0) is 31.2 Å². The number of hydrogen-bond acceptors (Lipinski definition) is 4. The summed E-state index contributed by atoms with van der Waals surface area (Å²) in [4.78, 5) is 0. The molecule has 0 aliphatic carbocycles. The molecule has 0 aromatic heterocycles. The van der Waals surface area contributed by atoms with Crippen LogP contribution in [0.2, 0.25) is 0 Å². The van der Waals surface area contributed by atoms with Crippen LogP contribution in [0.15, 0.2) is 78.9 Å². The maximum Gasteiger partial charge on any atom is 0.416 e. The lowest BCUT2D eigenvalue weighted by Gasteiger charge is -2.25. The van der Waals surface area contributed by atoms with Gasteiger partial charge in [0.1, 0.15) is 13.2 Å². The van der Waals surface area contributed by atoms with Crippen molar-refractivity contribution in [1.82, 2.24) is 0 Å². The molecule has 256 valence electrons. The predicted molar refractivity (Wildman–Crippen MR) is 179 cm³/mol. The van der Waals surface area contributed by atoms with Crippen LogP contribution < -0.4 is 31.4 Å². The second-order valence-electron chi connectivity index (χ2n) is 12.9. The largest absolute Gasteiger partial charge is 1.00 e. The number of methoxy groups -OCH3 is 3. The van der Waals surface area contributed by atoms with E-state index in [2.05, 4.69) is 68.7 Å². The molecular formula is C39H43ClF3NO4. The molecule has 0 saturated heterocycles. The molecule has 0 bridgehead atoms. The van der Waals surface area contributed by atoms with Crippen molar-refractivity contribution in [2.24, 2.45) is 0 Å². The van der Waals surface area contributed by atoms with E-state index in [0.29, 0.717) is 35.1 Å². The molecule has 1 atom stereocenters. The Morgan fingerprint density at radius 2 is 1.38 bits per heavy atom. The third-order valence-electron chi connectivity index (χ3n) is 8.87.